The highest BCUT2D eigenvalue weighted by Crippen LogP contribution is 2.45. The number of carbonyl (C=O) groups excluding carboxylic acids is 1. The van der Waals surface area contributed by atoms with E-state index in [1.807, 2.05) is 25.1 Å². The molecule has 2 aromatic rings. The molecule has 1 fully saturated rings. The first-order valence-electron chi connectivity index (χ1n) is 9.46. The Morgan fingerprint density at radius 1 is 1.41 bits per heavy atom. The average molecular weight is 388 g/mol. The zero-order chi connectivity index (χ0) is 18.9. The standard InChI is InChI=1S/C20H25N3O3S/c1-14-3-2-4-18(22-14)23-9-6-20(7-10-23)15-13-17(19(25)21-8-11-24)27-16(15)5-12-26-20/h2-4,13,24H,5-12H2,1H3,(H,21,25). The zero-order valence-corrected chi connectivity index (χ0v) is 16.3. The van der Waals surface area contributed by atoms with Crippen LogP contribution in [0.25, 0.3) is 0 Å². The topological polar surface area (TPSA) is 74.7 Å². The summed E-state index contributed by atoms with van der Waals surface area (Å²) in [5, 5.41) is 11.7. The molecule has 2 aliphatic heterocycles. The molecule has 27 heavy (non-hydrogen) atoms. The molecular weight excluding hydrogens is 362 g/mol. The Hall–Kier alpha value is -1.96. The SMILES string of the molecule is Cc1cccc(N2CCC3(CC2)OCCc2sc(C(=O)NCCO)cc23)n1. The maximum atomic E-state index is 12.3. The Kier molecular flexibility index (Phi) is 5.16. The van der Waals surface area contributed by atoms with Crippen LogP contribution in [-0.2, 0) is 16.8 Å². The molecule has 0 radical (unpaired) electrons. The second-order valence-electron chi connectivity index (χ2n) is 7.14. The minimum atomic E-state index is -0.292. The Bertz CT molecular complexity index is 828. The number of nitrogens with zero attached hydrogens (tertiary/aromatic N) is 2. The fraction of sp³-hybridized carbons (Fsp3) is 0.500. The third-order valence-corrected chi connectivity index (χ3v) is 6.59. The minimum absolute atomic E-state index is 0.0489. The number of hydrogen-bond donors (Lipinski definition) is 2. The second-order valence-corrected chi connectivity index (χ2v) is 8.28. The monoisotopic (exact) mass is 387 g/mol. The molecule has 7 heteroatoms. The van der Waals surface area contributed by atoms with Crippen molar-refractivity contribution in [2.24, 2.45) is 0 Å². The van der Waals surface area contributed by atoms with Gasteiger partial charge in [0.25, 0.3) is 5.91 Å². The molecule has 2 aromatic heterocycles. The number of fused-ring (bicyclic) bond motifs is 2. The number of piperidine rings is 1. The van der Waals surface area contributed by atoms with Crippen molar-refractivity contribution in [3.05, 3.63) is 45.3 Å². The number of aliphatic hydroxyl groups is 1. The van der Waals surface area contributed by atoms with Crippen LogP contribution in [-0.4, -0.2) is 48.8 Å². The molecule has 2 aliphatic rings. The average Bonchev–Trinajstić information content (AvgIpc) is 3.13. The van der Waals surface area contributed by atoms with E-state index in [1.165, 1.54) is 10.4 Å². The third-order valence-electron chi connectivity index (χ3n) is 5.40. The van der Waals surface area contributed by atoms with Gasteiger partial charge in [0.2, 0.25) is 0 Å². The Balaban J connectivity index is 1.53. The van der Waals surface area contributed by atoms with Gasteiger partial charge >= 0.3 is 0 Å². The van der Waals surface area contributed by atoms with Crippen LogP contribution < -0.4 is 10.2 Å². The molecule has 1 amide bonds. The van der Waals surface area contributed by atoms with Crippen molar-refractivity contribution < 1.29 is 14.6 Å². The maximum Gasteiger partial charge on any atom is 0.261 e. The molecule has 6 nitrogen and oxygen atoms in total. The number of carbonyl (C=O) groups is 1. The van der Waals surface area contributed by atoms with E-state index in [1.54, 1.807) is 11.3 Å². The van der Waals surface area contributed by atoms with E-state index in [0.717, 1.165) is 43.9 Å². The van der Waals surface area contributed by atoms with Gasteiger partial charge in [-0.05, 0) is 43.5 Å². The van der Waals surface area contributed by atoms with E-state index >= 15 is 0 Å². The molecule has 0 atom stereocenters. The van der Waals surface area contributed by atoms with E-state index in [9.17, 15) is 4.79 Å². The molecule has 0 saturated carbocycles. The van der Waals surface area contributed by atoms with Gasteiger partial charge in [-0.3, -0.25) is 4.79 Å². The highest BCUT2D eigenvalue weighted by molar-refractivity contribution is 7.14. The molecule has 0 bridgehead atoms. The number of ether oxygens (including phenoxy) is 1. The van der Waals surface area contributed by atoms with Gasteiger partial charge in [0.05, 0.1) is 23.7 Å². The minimum Gasteiger partial charge on any atom is -0.395 e. The van der Waals surface area contributed by atoms with Crippen LogP contribution in [0.15, 0.2) is 24.3 Å². The molecule has 0 aliphatic carbocycles. The summed E-state index contributed by atoms with van der Waals surface area (Å²) in [5.41, 5.74) is 1.92. The van der Waals surface area contributed by atoms with Gasteiger partial charge in [-0.2, -0.15) is 0 Å². The van der Waals surface area contributed by atoms with E-state index in [4.69, 9.17) is 9.84 Å². The number of anilines is 1. The summed E-state index contributed by atoms with van der Waals surface area (Å²) in [6.07, 6.45) is 2.65. The van der Waals surface area contributed by atoms with Crippen LogP contribution in [0.1, 0.15) is 38.6 Å². The molecule has 0 unspecified atom stereocenters. The lowest BCUT2D eigenvalue weighted by Gasteiger charge is -2.44. The molecule has 4 rings (SSSR count). The first-order chi connectivity index (χ1) is 13.1. The van der Waals surface area contributed by atoms with Crippen molar-refractivity contribution in [3.63, 3.8) is 0 Å². The second kappa shape index (κ2) is 7.58. The summed E-state index contributed by atoms with van der Waals surface area (Å²) >= 11 is 1.56. The molecule has 1 spiro atoms. The van der Waals surface area contributed by atoms with Gasteiger partial charge in [0.1, 0.15) is 5.82 Å². The quantitative estimate of drug-likeness (QED) is 0.842. The fourth-order valence-electron chi connectivity index (χ4n) is 4.00. The lowest BCUT2D eigenvalue weighted by Crippen LogP contribution is -2.46. The molecule has 1 saturated heterocycles. The van der Waals surface area contributed by atoms with Crippen LogP contribution in [0.5, 0.6) is 0 Å². The highest BCUT2D eigenvalue weighted by atomic mass is 32.1. The van der Waals surface area contributed by atoms with Gasteiger partial charge in [0, 0.05) is 36.6 Å². The Labute approximate surface area is 163 Å². The zero-order valence-electron chi connectivity index (χ0n) is 15.5. The molecular formula is C20H25N3O3S. The molecule has 4 heterocycles. The summed E-state index contributed by atoms with van der Waals surface area (Å²) < 4.78 is 6.30. The summed E-state index contributed by atoms with van der Waals surface area (Å²) in [4.78, 5) is 21.2. The number of aromatic nitrogens is 1. The lowest BCUT2D eigenvalue weighted by atomic mass is 9.82. The summed E-state index contributed by atoms with van der Waals surface area (Å²) in [6.45, 7) is 4.72. The van der Waals surface area contributed by atoms with Crippen LogP contribution in [0, 0.1) is 6.92 Å². The number of aliphatic hydroxyl groups excluding tert-OH is 1. The third kappa shape index (κ3) is 3.59. The van der Waals surface area contributed by atoms with Crippen molar-refractivity contribution >= 4 is 23.1 Å². The number of rotatable bonds is 4. The van der Waals surface area contributed by atoms with Gasteiger partial charge in [-0.15, -0.1) is 11.3 Å². The van der Waals surface area contributed by atoms with Gasteiger partial charge < -0.3 is 20.1 Å². The van der Waals surface area contributed by atoms with Crippen LogP contribution in [0.3, 0.4) is 0 Å². The number of hydrogen-bond acceptors (Lipinski definition) is 6. The van der Waals surface area contributed by atoms with Crippen molar-refractivity contribution in [1.29, 1.82) is 0 Å². The van der Waals surface area contributed by atoms with Crippen LogP contribution in [0.2, 0.25) is 0 Å². The Morgan fingerprint density at radius 3 is 2.96 bits per heavy atom. The first kappa shape index (κ1) is 18.4. The van der Waals surface area contributed by atoms with E-state index in [-0.39, 0.29) is 24.7 Å². The first-order valence-corrected chi connectivity index (χ1v) is 10.3. The summed E-state index contributed by atoms with van der Waals surface area (Å²) in [7, 11) is 0. The predicted octanol–water partition coefficient (Wildman–Crippen LogP) is 2.24. The van der Waals surface area contributed by atoms with Crippen molar-refractivity contribution in [3.8, 4) is 0 Å². The smallest absolute Gasteiger partial charge is 0.261 e. The largest absolute Gasteiger partial charge is 0.395 e. The number of amides is 1. The van der Waals surface area contributed by atoms with Crippen molar-refractivity contribution in [1.82, 2.24) is 10.3 Å². The van der Waals surface area contributed by atoms with Gasteiger partial charge in [-0.1, -0.05) is 6.07 Å². The van der Waals surface area contributed by atoms with Crippen molar-refractivity contribution in [2.45, 2.75) is 31.8 Å². The van der Waals surface area contributed by atoms with E-state index in [2.05, 4.69) is 21.3 Å². The van der Waals surface area contributed by atoms with Crippen LogP contribution >= 0.6 is 11.3 Å². The van der Waals surface area contributed by atoms with E-state index < -0.39 is 0 Å². The number of nitrogens with one attached hydrogen (secondary N) is 1. The summed E-state index contributed by atoms with van der Waals surface area (Å²) in [6, 6.07) is 8.13. The van der Waals surface area contributed by atoms with Crippen molar-refractivity contribution in [2.75, 3.05) is 37.7 Å². The molecule has 144 valence electrons. The lowest BCUT2D eigenvalue weighted by molar-refractivity contribution is -0.0757. The fourth-order valence-corrected chi connectivity index (χ4v) is 5.15. The Morgan fingerprint density at radius 2 is 2.22 bits per heavy atom. The molecule has 2 N–H and O–H groups in total. The maximum absolute atomic E-state index is 12.3. The number of thiophene rings is 1. The number of aryl methyl sites for hydroxylation is 1. The summed E-state index contributed by atoms with van der Waals surface area (Å²) in [5.74, 6) is 0.912. The normalized spacial score (nSPS) is 18.4. The van der Waals surface area contributed by atoms with Gasteiger partial charge in [0.15, 0.2) is 0 Å². The van der Waals surface area contributed by atoms with E-state index in [0.29, 0.717) is 11.5 Å². The predicted molar refractivity (Wildman–Crippen MR) is 105 cm³/mol. The number of pyridine rings is 1. The van der Waals surface area contributed by atoms with Crippen LogP contribution in [0.4, 0.5) is 5.82 Å². The highest BCUT2D eigenvalue weighted by Gasteiger charge is 2.42. The van der Waals surface area contributed by atoms with Gasteiger partial charge in [-0.25, -0.2) is 4.98 Å². The molecule has 0 aromatic carbocycles.